The molecule has 0 atom stereocenters. The molecule has 0 saturated heterocycles. The highest BCUT2D eigenvalue weighted by atomic mass is 35.5. The van der Waals surface area contributed by atoms with E-state index in [1.807, 2.05) is 0 Å². The van der Waals surface area contributed by atoms with Crippen LogP contribution in [0.1, 0.15) is 5.56 Å². The van der Waals surface area contributed by atoms with Crippen LogP contribution >= 0.6 is 11.6 Å². The second-order valence-corrected chi connectivity index (χ2v) is 8.75. The Kier molecular flexibility index (Phi) is 7.36. The van der Waals surface area contributed by atoms with Crippen LogP contribution in [0.3, 0.4) is 0 Å². The molecule has 0 bridgehead atoms. The molecule has 3 rings (SSSR count). The van der Waals surface area contributed by atoms with Crippen LogP contribution in [0.2, 0.25) is 5.02 Å². The molecule has 0 aromatic heterocycles. The van der Waals surface area contributed by atoms with Crippen molar-refractivity contribution < 1.29 is 31.9 Å². The predicted octanol–water partition coefficient (Wildman–Crippen LogP) is 4.68. The zero-order valence-corrected chi connectivity index (χ0v) is 18.9. The van der Waals surface area contributed by atoms with Gasteiger partial charge in [-0.2, -0.15) is 0 Å². The summed E-state index contributed by atoms with van der Waals surface area (Å²) in [6.07, 6.45) is 0. The molecule has 0 aliphatic carbocycles. The molecule has 3 aromatic rings. The summed E-state index contributed by atoms with van der Waals surface area (Å²) in [5.41, 5.74) is -0.307. The number of nitrogens with one attached hydrogen (secondary N) is 1. The fourth-order valence-electron chi connectivity index (χ4n) is 2.86. The maximum atomic E-state index is 14.8. The van der Waals surface area contributed by atoms with Gasteiger partial charge in [0.05, 0.1) is 25.2 Å². The SMILES string of the molecule is COc1ccc(CNS(=O)(=O)c2cc([N+](=O)[O-])cc(F)c2Oc2cccc(Cl)c2)c(OC)c1. The Balaban J connectivity index is 2.01. The number of ether oxygens (including phenoxy) is 3. The van der Waals surface area contributed by atoms with Crippen molar-refractivity contribution in [3.63, 3.8) is 0 Å². The molecular weight excluding hydrogens is 479 g/mol. The summed E-state index contributed by atoms with van der Waals surface area (Å²) < 4.78 is 59.0. The summed E-state index contributed by atoms with van der Waals surface area (Å²) >= 11 is 5.90. The molecule has 0 fully saturated rings. The number of nitro benzene ring substituents is 1. The van der Waals surface area contributed by atoms with E-state index in [9.17, 15) is 22.9 Å². The zero-order valence-electron chi connectivity index (χ0n) is 17.4. The van der Waals surface area contributed by atoms with Crippen LogP contribution in [0, 0.1) is 15.9 Å². The van der Waals surface area contributed by atoms with Crippen LogP contribution in [-0.2, 0) is 16.6 Å². The van der Waals surface area contributed by atoms with Crippen LogP contribution in [-0.4, -0.2) is 27.6 Å². The van der Waals surface area contributed by atoms with E-state index in [0.717, 1.165) is 6.07 Å². The first-order valence-electron chi connectivity index (χ1n) is 9.26. The van der Waals surface area contributed by atoms with Crippen molar-refractivity contribution >= 4 is 27.3 Å². The summed E-state index contributed by atoms with van der Waals surface area (Å²) in [5.74, 6) is -1.05. The number of non-ortho nitro benzene ring substituents is 1. The Labute approximate surface area is 193 Å². The lowest BCUT2D eigenvalue weighted by molar-refractivity contribution is -0.385. The molecule has 0 unspecified atom stereocenters. The number of methoxy groups -OCH3 is 2. The Morgan fingerprint density at radius 1 is 1.06 bits per heavy atom. The third-order valence-corrected chi connectivity index (χ3v) is 6.10. The van der Waals surface area contributed by atoms with Crippen LogP contribution in [0.15, 0.2) is 59.5 Å². The molecule has 33 heavy (non-hydrogen) atoms. The lowest BCUT2D eigenvalue weighted by Crippen LogP contribution is -2.24. The highest BCUT2D eigenvalue weighted by molar-refractivity contribution is 7.89. The maximum absolute atomic E-state index is 14.8. The van der Waals surface area contributed by atoms with Gasteiger partial charge in [-0.05, 0) is 24.3 Å². The molecule has 0 aliphatic heterocycles. The van der Waals surface area contributed by atoms with Crippen molar-refractivity contribution in [1.29, 1.82) is 0 Å². The molecule has 0 amide bonds. The van der Waals surface area contributed by atoms with Gasteiger partial charge in [0.2, 0.25) is 10.0 Å². The minimum atomic E-state index is -4.48. The summed E-state index contributed by atoms with van der Waals surface area (Å²) in [4.78, 5) is 9.55. The first kappa shape index (κ1) is 24.2. The van der Waals surface area contributed by atoms with Crippen molar-refractivity contribution in [3.05, 3.63) is 81.1 Å². The fraction of sp³-hybridized carbons (Fsp3) is 0.143. The van der Waals surface area contributed by atoms with Gasteiger partial charge in [0.1, 0.15) is 22.1 Å². The van der Waals surface area contributed by atoms with E-state index in [-0.39, 0.29) is 17.3 Å². The van der Waals surface area contributed by atoms with Crippen molar-refractivity contribution in [1.82, 2.24) is 4.72 Å². The van der Waals surface area contributed by atoms with E-state index in [1.165, 1.54) is 32.4 Å². The van der Waals surface area contributed by atoms with E-state index >= 15 is 0 Å². The van der Waals surface area contributed by atoms with E-state index in [1.54, 1.807) is 24.3 Å². The molecule has 0 aliphatic rings. The molecule has 9 nitrogen and oxygen atoms in total. The van der Waals surface area contributed by atoms with Crippen LogP contribution in [0.4, 0.5) is 10.1 Å². The van der Waals surface area contributed by atoms with Crippen molar-refractivity contribution in [2.24, 2.45) is 0 Å². The van der Waals surface area contributed by atoms with E-state index in [0.29, 0.717) is 23.1 Å². The van der Waals surface area contributed by atoms with E-state index < -0.39 is 37.1 Å². The average molecular weight is 497 g/mol. The topological polar surface area (TPSA) is 117 Å². The molecule has 12 heteroatoms. The summed E-state index contributed by atoms with van der Waals surface area (Å²) in [6.45, 7) is -0.254. The molecule has 0 heterocycles. The van der Waals surface area contributed by atoms with Gasteiger partial charge >= 0.3 is 0 Å². The van der Waals surface area contributed by atoms with E-state index in [2.05, 4.69) is 4.72 Å². The number of rotatable bonds is 9. The second kappa shape index (κ2) is 10.0. The molecule has 174 valence electrons. The highest BCUT2D eigenvalue weighted by Crippen LogP contribution is 2.36. The predicted molar refractivity (Wildman–Crippen MR) is 118 cm³/mol. The number of halogens is 2. The quantitative estimate of drug-likeness (QED) is 0.337. The maximum Gasteiger partial charge on any atom is 0.274 e. The first-order valence-corrected chi connectivity index (χ1v) is 11.1. The highest BCUT2D eigenvalue weighted by Gasteiger charge is 2.28. The third-order valence-electron chi connectivity index (χ3n) is 4.46. The summed E-state index contributed by atoms with van der Waals surface area (Å²) in [5, 5.41) is 11.5. The van der Waals surface area contributed by atoms with Crippen LogP contribution in [0.5, 0.6) is 23.0 Å². The van der Waals surface area contributed by atoms with Gasteiger partial charge in [-0.15, -0.1) is 0 Å². The van der Waals surface area contributed by atoms with Gasteiger partial charge in [-0.3, -0.25) is 10.1 Å². The lowest BCUT2D eigenvalue weighted by atomic mass is 10.2. The first-order chi connectivity index (χ1) is 15.6. The lowest BCUT2D eigenvalue weighted by Gasteiger charge is -2.15. The molecule has 0 spiro atoms. The standard InChI is InChI=1S/C21H18ClFN2O7S/c1-30-16-7-6-13(19(11-16)31-2)12-24-33(28,29)20-10-15(25(26)27)9-18(23)21(20)32-17-5-3-4-14(22)8-17/h3-11,24H,12H2,1-2H3. The fourth-order valence-corrected chi connectivity index (χ4v) is 4.20. The van der Waals surface area contributed by atoms with Crippen molar-refractivity contribution in [2.45, 2.75) is 11.4 Å². The minimum absolute atomic E-state index is 0.0449. The second-order valence-electron chi connectivity index (χ2n) is 6.57. The van der Waals surface area contributed by atoms with Crippen molar-refractivity contribution in [3.8, 4) is 23.0 Å². The van der Waals surface area contributed by atoms with Gasteiger partial charge in [0.25, 0.3) is 5.69 Å². The Morgan fingerprint density at radius 3 is 2.45 bits per heavy atom. The largest absolute Gasteiger partial charge is 0.497 e. The Morgan fingerprint density at radius 2 is 1.82 bits per heavy atom. The molecular formula is C21H18ClFN2O7S. The van der Waals surface area contributed by atoms with Gasteiger partial charge < -0.3 is 14.2 Å². The van der Waals surface area contributed by atoms with Gasteiger partial charge in [0.15, 0.2) is 11.6 Å². The van der Waals surface area contributed by atoms with Gasteiger partial charge in [0, 0.05) is 29.3 Å². The molecule has 0 radical (unpaired) electrons. The number of nitro groups is 1. The number of hydrogen-bond acceptors (Lipinski definition) is 7. The van der Waals surface area contributed by atoms with Crippen LogP contribution in [0.25, 0.3) is 0 Å². The van der Waals surface area contributed by atoms with Crippen LogP contribution < -0.4 is 18.9 Å². The monoisotopic (exact) mass is 496 g/mol. The molecule has 0 saturated carbocycles. The minimum Gasteiger partial charge on any atom is -0.497 e. The third kappa shape index (κ3) is 5.69. The van der Waals surface area contributed by atoms with E-state index in [4.69, 9.17) is 25.8 Å². The Hall–Kier alpha value is -3.41. The summed E-state index contributed by atoms with van der Waals surface area (Å²) in [6, 6.07) is 11.9. The molecule has 1 N–H and O–H groups in total. The van der Waals surface area contributed by atoms with Crippen molar-refractivity contribution in [2.75, 3.05) is 14.2 Å². The normalized spacial score (nSPS) is 11.2. The Bertz CT molecular complexity index is 1300. The smallest absolute Gasteiger partial charge is 0.274 e. The number of benzene rings is 3. The number of sulfonamides is 1. The summed E-state index contributed by atoms with van der Waals surface area (Å²) in [7, 11) is -1.61. The number of hydrogen-bond donors (Lipinski definition) is 1. The zero-order chi connectivity index (χ0) is 24.2. The van der Waals surface area contributed by atoms with Gasteiger partial charge in [-0.25, -0.2) is 17.5 Å². The number of nitrogens with zero attached hydrogens (tertiary/aromatic N) is 1. The molecule has 3 aromatic carbocycles. The van der Waals surface area contributed by atoms with Gasteiger partial charge in [-0.1, -0.05) is 23.7 Å². The average Bonchev–Trinajstić information content (AvgIpc) is 2.78.